The summed E-state index contributed by atoms with van der Waals surface area (Å²) in [6.45, 7) is 4.99. The Hall–Kier alpha value is -1.82. The number of aryl methyl sites for hydroxylation is 1. The number of carboxylic acids is 1. The van der Waals surface area contributed by atoms with Crippen LogP contribution in [0.25, 0.3) is 11.0 Å². The van der Waals surface area contributed by atoms with Crippen LogP contribution in [0.3, 0.4) is 0 Å². The summed E-state index contributed by atoms with van der Waals surface area (Å²) in [5, 5.41) is 9.78. The zero-order valence-electron chi connectivity index (χ0n) is 12.0. The van der Waals surface area contributed by atoms with Gasteiger partial charge in [0.25, 0.3) is 5.91 Å². The van der Waals surface area contributed by atoms with Gasteiger partial charge in [0.05, 0.1) is 0 Å². The highest BCUT2D eigenvalue weighted by atomic mass is 79.9. The fourth-order valence-electron chi connectivity index (χ4n) is 2.16. The molecule has 6 heteroatoms. The van der Waals surface area contributed by atoms with E-state index in [9.17, 15) is 9.59 Å². The number of benzene rings is 1. The Morgan fingerprint density at radius 2 is 2.05 bits per heavy atom. The van der Waals surface area contributed by atoms with Gasteiger partial charge in [0.2, 0.25) is 0 Å². The van der Waals surface area contributed by atoms with Gasteiger partial charge in [-0.2, -0.15) is 0 Å². The summed E-state index contributed by atoms with van der Waals surface area (Å²) < 4.78 is 6.52. The van der Waals surface area contributed by atoms with Crippen LogP contribution in [0.15, 0.2) is 27.1 Å². The summed E-state index contributed by atoms with van der Waals surface area (Å²) in [5.41, 5.74) is 1.32. The van der Waals surface area contributed by atoms with Crippen molar-refractivity contribution in [3.05, 3.63) is 34.0 Å². The number of aliphatic carboxylic acids is 1. The molecule has 1 N–H and O–H groups in total. The van der Waals surface area contributed by atoms with E-state index in [4.69, 9.17) is 9.52 Å². The predicted octanol–water partition coefficient (Wildman–Crippen LogP) is 3.44. The van der Waals surface area contributed by atoms with E-state index in [0.717, 1.165) is 9.86 Å². The van der Waals surface area contributed by atoms with Crippen LogP contribution in [0.2, 0.25) is 0 Å². The van der Waals surface area contributed by atoms with Crippen molar-refractivity contribution in [1.82, 2.24) is 4.90 Å². The SMILES string of the molecule is Cc1c(C(=O)N(CC(=O)O)C(C)C)oc2ccc(Br)cc12. The van der Waals surface area contributed by atoms with Gasteiger partial charge >= 0.3 is 5.97 Å². The molecule has 0 spiro atoms. The number of hydrogen-bond donors (Lipinski definition) is 1. The Kier molecular flexibility index (Phi) is 4.37. The van der Waals surface area contributed by atoms with Crippen molar-refractivity contribution < 1.29 is 19.1 Å². The maximum Gasteiger partial charge on any atom is 0.323 e. The Bertz CT molecular complexity index is 705. The first kappa shape index (κ1) is 15.6. The van der Waals surface area contributed by atoms with Crippen LogP contribution in [-0.4, -0.2) is 34.5 Å². The minimum atomic E-state index is -1.05. The van der Waals surface area contributed by atoms with E-state index < -0.39 is 11.9 Å². The highest BCUT2D eigenvalue weighted by Crippen LogP contribution is 2.29. The summed E-state index contributed by atoms with van der Waals surface area (Å²) in [7, 11) is 0. The van der Waals surface area contributed by atoms with E-state index in [-0.39, 0.29) is 18.3 Å². The number of hydrogen-bond acceptors (Lipinski definition) is 3. The van der Waals surface area contributed by atoms with Crippen LogP contribution in [0.1, 0.15) is 30.0 Å². The second kappa shape index (κ2) is 5.89. The standard InChI is InChI=1S/C15H16BrNO4/c1-8(2)17(7-13(18)19)15(20)14-9(3)11-6-10(16)4-5-12(11)21-14/h4-6,8H,7H2,1-3H3,(H,18,19). The maximum atomic E-state index is 12.6. The van der Waals surface area contributed by atoms with Crippen molar-refractivity contribution in [3.8, 4) is 0 Å². The quantitative estimate of drug-likeness (QED) is 0.913. The van der Waals surface area contributed by atoms with Crippen molar-refractivity contribution in [1.29, 1.82) is 0 Å². The molecule has 1 aromatic heterocycles. The van der Waals surface area contributed by atoms with Gasteiger partial charge in [-0.05, 0) is 39.0 Å². The molecule has 0 fully saturated rings. The second-order valence-electron chi connectivity index (χ2n) is 5.12. The van der Waals surface area contributed by atoms with Crippen molar-refractivity contribution in [3.63, 3.8) is 0 Å². The van der Waals surface area contributed by atoms with Gasteiger partial charge in [0.1, 0.15) is 12.1 Å². The molecular formula is C15H16BrNO4. The van der Waals surface area contributed by atoms with E-state index in [2.05, 4.69) is 15.9 Å². The minimum absolute atomic E-state index is 0.193. The number of carbonyl (C=O) groups excluding carboxylic acids is 1. The highest BCUT2D eigenvalue weighted by Gasteiger charge is 2.26. The van der Waals surface area contributed by atoms with Crippen molar-refractivity contribution in [2.45, 2.75) is 26.8 Å². The zero-order valence-corrected chi connectivity index (χ0v) is 13.6. The Balaban J connectivity index is 2.47. The molecule has 112 valence electrons. The van der Waals surface area contributed by atoms with Crippen molar-refractivity contribution in [2.75, 3.05) is 6.54 Å². The third-order valence-electron chi connectivity index (χ3n) is 3.28. The monoisotopic (exact) mass is 353 g/mol. The molecular weight excluding hydrogens is 338 g/mol. The molecule has 21 heavy (non-hydrogen) atoms. The molecule has 0 saturated carbocycles. The first-order valence-electron chi connectivity index (χ1n) is 6.52. The van der Waals surface area contributed by atoms with Crippen LogP contribution in [-0.2, 0) is 4.79 Å². The lowest BCUT2D eigenvalue weighted by molar-refractivity contribution is -0.138. The first-order chi connectivity index (χ1) is 9.81. The Morgan fingerprint density at radius 3 is 2.62 bits per heavy atom. The summed E-state index contributed by atoms with van der Waals surface area (Å²) >= 11 is 3.38. The molecule has 0 aliphatic carbocycles. The van der Waals surface area contributed by atoms with Gasteiger partial charge in [-0.1, -0.05) is 15.9 Å². The van der Waals surface area contributed by atoms with Crippen LogP contribution >= 0.6 is 15.9 Å². The lowest BCUT2D eigenvalue weighted by atomic mass is 10.1. The average Bonchev–Trinajstić information content (AvgIpc) is 2.72. The van der Waals surface area contributed by atoms with Crippen LogP contribution < -0.4 is 0 Å². The molecule has 1 amide bonds. The molecule has 1 heterocycles. The van der Waals surface area contributed by atoms with Gasteiger partial charge in [-0.25, -0.2) is 0 Å². The van der Waals surface area contributed by atoms with Gasteiger partial charge in [-0.3, -0.25) is 9.59 Å². The number of halogens is 1. The molecule has 5 nitrogen and oxygen atoms in total. The van der Waals surface area contributed by atoms with Crippen molar-refractivity contribution in [2.24, 2.45) is 0 Å². The molecule has 0 radical (unpaired) electrons. The number of carbonyl (C=O) groups is 2. The fraction of sp³-hybridized carbons (Fsp3) is 0.333. The fourth-order valence-corrected chi connectivity index (χ4v) is 2.52. The van der Waals surface area contributed by atoms with E-state index in [1.165, 1.54) is 4.90 Å². The number of nitrogens with zero attached hydrogens (tertiary/aromatic N) is 1. The van der Waals surface area contributed by atoms with E-state index in [1.54, 1.807) is 26.8 Å². The molecule has 2 aromatic rings. The van der Waals surface area contributed by atoms with Gasteiger partial charge < -0.3 is 14.4 Å². The lowest BCUT2D eigenvalue weighted by Crippen LogP contribution is -2.40. The summed E-state index contributed by atoms with van der Waals surface area (Å²) in [4.78, 5) is 24.8. The summed E-state index contributed by atoms with van der Waals surface area (Å²) in [6.07, 6.45) is 0. The van der Waals surface area contributed by atoms with E-state index in [0.29, 0.717) is 11.1 Å². The minimum Gasteiger partial charge on any atom is -0.480 e. The Labute approximate surface area is 130 Å². The molecule has 0 atom stereocenters. The highest BCUT2D eigenvalue weighted by molar-refractivity contribution is 9.10. The van der Waals surface area contributed by atoms with Crippen molar-refractivity contribution >= 4 is 38.8 Å². The summed E-state index contributed by atoms with van der Waals surface area (Å²) in [5.74, 6) is -1.26. The second-order valence-corrected chi connectivity index (χ2v) is 6.03. The van der Waals surface area contributed by atoms with Crippen LogP contribution in [0, 0.1) is 6.92 Å². The third kappa shape index (κ3) is 3.10. The Morgan fingerprint density at radius 1 is 1.38 bits per heavy atom. The maximum absolute atomic E-state index is 12.6. The van der Waals surface area contributed by atoms with E-state index in [1.807, 2.05) is 12.1 Å². The number of amides is 1. The lowest BCUT2D eigenvalue weighted by Gasteiger charge is -2.23. The number of furan rings is 1. The van der Waals surface area contributed by atoms with E-state index >= 15 is 0 Å². The smallest absolute Gasteiger partial charge is 0.323 e. The molecule has 0 unspecified atom stereocenters. The number of fused-ring (bicyclic) bond motifs is 1. The zero-order chi connectivity index (χ0) is 15.7. The number of rotatable bonds is 4. The molecule has 0 aliphatic heterocycles. The molecule has 0 bridgehead atoms. The molecule has 0 saturated heterocycles. The third-order valence-corrected chi connectivity index (χ3v) is 3.78. The largest absolute Gasteiger partial charge is 0.480 e. The molecule has 1 aromatic carbocycles. The van der Waals surface area contributed by atoms with Crippen LogP contribution in [0.5, 0.6) is 0 Å². The van der Waals surface area contributed by atoms with Gasteiger partial charge in [0.15, 0.2) is 5.76 Å². The molecule has 0 aliphatic rings. The summed E-state index contributed by atoms with van der Waals surface area (Å²) in [6, 6.07) is 5.26. The van der Waals surface area contributed by atoms with Gasteiger partial charge in [-0.15, -0.1) is 0 Å². The van der Waals surface area contributed by atoms with Crippen LogP contribution in [0.4, 0.5) is 0 Å². The normalized spacial score (nSPS) is 11.1. The predicted molar refractivity (Wildman–Crippen MR) is 82.5 cm³/mol. The average molecular weight is 354 g/mol. The topological polar surface area (TPSA) is 70.8 Å². The number of carboxylic acid groups (broad SMARTS) is 1. The van der Waals surface area contributed by atoms with Gasteiger partial charge in [0, 0.05) is 21.5 Å². The molecule has 2 rings (SSSR count). The first-order valence-corrected chi connectivity index (χ1v) is 7.32.